The van der Waals surface area contributed by atoms with E-state index in [1.165, 1.54) is 6.26 Å². The lowest BCUT2D eigenvalue weighted by Crippen LogP contribution is -2.55. The second kappa shape index (κ2) is 7.46. The molecule has 0 saturated carbocycles. The number of rotatable bonds is 9. The minimum absolute atomic E-state index is 0.0205. The molecule has 0 aromatic heterocycles. The maximum atomic E-state index is 11.2. The van der Waals surface area contributed by atoms with Crippen molar-refractivity contribution >= 4 is 9.84 Å². The van der Waals surface area contributed by atoms with Crippen molar-refractivity contribution in [2.75, 3.05) is 32.6 Å². The second-order valence-corrected chi connectivity index (χ2v) is 8.09. The average molecular weight is 278 g/mol. The van der Waals surface area contributed by atoms with Crippen molar-refractivity contribution in [3.05, 3.63) is 0 Å². The number of hydrogen-bond donors (Lipinski definition) is 1. The van der Waals surface area contributed by atoms with E-state index in [0.717, 1.165) is 25.8 Å². The second-order valence-electron chi connectivity index (χ2n) is 5.83. The van der Waals surface area contributed by atoms with Gasteiger partial charge in [0.15, 0.2) is 0 Å². The highest BCUT2D eigenvalue weighted by molar-refractivity contribution is 7.90. The van der Waals surface area contributed by atoms with Gasteiger partial charge in [0.05, 0.1) is 0 Å². The van der Waals surface area contributed by atoms with Crippen molar-refractivity contribution in [1.82, 2.24) is 10.2 Å². The van der Waals surface area contributed by atoms with E-state index in [9.17, 15) is 8.42 Å². The Balaban J connectivity index is 4.49. The Bertz CT molecular complexity index is 324. The van der Waals surface area contributed by atoms with Crippen LogP contribution in [0.5, 0.6) is 0 Å². The molecule has 1 N–H and O–H groups in total. The molecule has 1 atom stereocenters. The van der Waals surface area contributed by atoms with Gasteiger partial charge in [0.1, 0.15) is 9.84 Å². The largest absolute Gasteiger partial charge is 0.312 e. The summed E-state index contributed by atoms with van der Waals surface area (Å²) in [6.07, 6.45) is 4.00. The molecule has 0 aliphatic rings. The minimum atomic E-state index is -2.85. The first-order valence-electron chi connectivity index (χ1n) is 6.69. The van der Waals surface area contributed by atoms with Crippen LogP contribution in [0.1, 0.15) is 40.0 Å². The van der Waals surface area contributed by atoms with Gasteiger partial charge in [0, 0.05) is 23.6 Å². The average Bonchev–Trinajstić information content (AvgIpc) is 2.20. The predicted molar refractivity (Wildman–Crippen MR) is 78.8 cm³/mol. The minimum Gasteiger partial charge on any atom is -0.312 e. The van der Waals surface area contributed by atoms with Gasteiger partial charge in [0.25, 0.3) is 0 Å². The van der Waals surface area contributed by atoms with Gasteiger partial charge in [0.2, 0.25) is 0 Å². The third-order valence-electron chi connectivity index (χ3n) is 3.65. The lowest BCUT2D eigenvalue weighted by atomic mass is 9.89. The van der Waals surface area contributed by atoms with E-state index in [2.05, 4.69) is 45.1 Å². The Morgan fingerprint density at radius 2 is 1.83 bits per heavy atom. The van der Waals surface area contributed by atoms with Crippen LogP contribution in [0.15, 0.2) is 0 Å². The van der Waals surface area contributed by atoms with Gasteiger partial charge in [-0.3, -0.25) is 0 Å². The van der Waals surface area contributed by atoms with Gasteiger partial charge in [-0.1, -0.05) is 6.92 Å². The summed E-state index contributed by atoms with van der Waals surface area (Å²) in [6, 6.07) is 0.314. The zero-order valence-corrected chi connectivity index (χ0v) is 13.6. The third-order valence-corrected chi connectivity index (χ3v) is 4.68. The van der Waals surface area contributed by atoms with Crippen molar-refractivity contribution in [1.29, 1.82) is 0 Å². The summed E-state index contributed by atoms with van der Waals surface area (Å²) in [5, 5.41) is 3.54. The van der Waals surface area contributed by atoms with E-state index in [-0.39, 0.29) is 11.3 Å². The number of nitrogens with zero attached hydrogens (tertiary/aromatic N) is 1. The zero-order chi connectivity index (χ0) is 14.4. The summed E-state index contributed by atoms with van der Waals surface area (Å²) in [6.45, 7) is 7.51. The van der Waals surface area contributed by atoms with Crippen molar-refractivity contribution < 1.29 is 8.42 Å². The molecule has 0 amide bonds. The van der Waals surface area contributed by atoms with E-state index in [1.54, 1.807) is 0 Å². The van der Waals surface area contributed by atoms with Crippen molar-refractivity contribution in [3.63, 3.8) is 0 Å². The van der Waals surface area contributed by atoms with E-state index < -0.39 is 9.84 Å². The van der Waals surface area contributed by atoms with Crippen LogP contribution in [0.3, 0.4) is 0 Å². The summed E-state index contributed by atoms with van der Waals surface area (Å²) in [4.78, 5) is 2.20. The molecule has 5 heteroatoms. The summed E-state index contributed by atoms with van der Waals surface area (Å²) in [7, 11) is 1.29. The molecule has 0 rings (SSSR count). The normalized spacial score (nSPS) is 15.1. The third kappa shape index (κ3) is 6.71. The van der Waals surface area contributed by atoms with Gasteiger partial charge in [-0.15, -0.1) is 0 Å². The van der Waals surface area contributed by atoms with Gasteiger partial charge >= 0.3 is 0 Å². The van der Waals surface area contributed by atoms with Gasteiger partial charge < -0.3 is 10.2 Å². The molecule has 1 unspecified atom stereocenters. The highest BCUT2D eigenvalue weighted by Gasteiger charge is 2.30. The van der Waals surface area contributed by atoms with E-state index in [4.69, 9.17) is 0 Å². The maximum absolute atomic E-state index is 11.2. The summed E-state index contributed by atoms with van der Waals surface area (Å²) in [5.74, 6) is 0.279. The lowest BCUT2D eigenvalue weighted by Gasteiger charge is -2.41. The zero-order valence-electron chi connectivity index (χ0n) is 12.8. The standard InChI is InChI=1S/C13H30N2O2S/c1-7-10-14-12(13(2,3)15(4)5)9-8-11-18(6,16)17/h12,14H,7-11H2,1-6H3. The first kappa shape index (κ1) is 17.9. The van der Waals surface area contributed by atoms with Crippen LogP contribution in [0.4, 0.5) is 0 Å². The molecule has 0 fully saturated rings. The monoisotopic (exact) mass is 278 g/mol. The fourth-order valence-corrected chi connectivity index (χ4v) is 2.58. The molecule has 18 heavy (non-hydrogen) atoms. The van der Waals surface area contributed by atoms with Crippen LogP contribution in [0, 0.1) is 0 Å². The molecule has 0 aromatic rings. The topological polar surface area (TPSA) is 49.4 Å². The van der Waals surface area contributed by atoms with E-state index in [0.29, 0.717) is 6.04 Å². The molecule has 0 saturated heterocycles. The number of nitrogens with one attached hydrogen (secondary N) is 1. The molecule has 0 spiro atoms. The fourth-order valence-electron chi connectivity index (χ4n) is 1.88. The van der Waals surface area contributed by atoms with Crippen molar-refractivity contribution in [3.8, 4) is 0 Å². The molecular formula is C13H30N2O2S. The van der Waals surface area contributed by atoms with Crippen LogP contribution < -0.4 is 5.32 Å². The molecule has 4 nitrogen and oxygen atoms in total. The van der Waals surface area contributed by atoms with Crippen LogP contribution in [-0.2, 0) is 9.84 Å². The SMILES string of the molecule is CCCNC(CCCS(C)(=O)=O)C(C)(C)N(C)C. The van der Waals surface area contributed by atoms with Gasteiger partial charge in [-0.2, -0.15) is 0 Å². The van der Waals surface area contributed by atoms with Crippen LogP contribution in [0.25, 0.3) is 0 Å². The smallest absolute Gasteiger partial charge is 0.147 e. The Hall–Kier alpha value is -0.130. The number of sulfone groups is 1. The van der Waals surface area contributed by atoms with Crippen molar-refractivity contribution in [2.24, 2.45) is 0 Å². The Kier molecular flexibility index (Phi) is 7.40. The summed E-state index contributed by atoms with van der Waals surface area (Å²) >= 11 is 0. The van der Waals surface area contributed by atoms with Crippen LogP contribution in [0.2, 0.25) is 0 Å². The predicted octanol–water partition coefficient (Wildman–Crippen LogP) is 1.52. The molecule has 110 valence electrons. The summed E-state index contributed by atoms with van der Waals surface area (Å²) < 4.78 is 22.4. The van der Waals surface area contributed by atoms with E-state index >= 15 is 0 Å². The molecule has 0 aromatic carbocycles. The lowest BCUT2D eigenvalue weighted by molar-refractivity contribution is 0.132. The molecule has 0 aliphatic heterocycles. The maximum Gasteiger partial charge on any atom is 0.147 e. The van der Waals surface area contributed by atoms with Gasteiger partial charge in [-0.05, 0) is 53.8 Å². The van der Waals surface area contributed by atoms with Crippen LogP contribution >= 0.6 is 0 Å². The molecule has 0 aliphatic carbocycles. The fraction of sp³-hybridized carbons (Fsp3) is 1.00. The molecule has 0 heterocycles. The van der Waals surface area contributed by atoms with Gasteiger partial charge in [-0.25, -0.2) is 8.42 Å². The summed E-state index contributed by atoms with van der Waals surface area (Å²) in [5.41, 5.74) is 0.0205. The molecule has 0 radical (unpaired) electrons. The Morgan fingerprint density at radius 3 is 2.22 bits per heavy atom. The number of hydrogen-bond acceptors (Lipinski definition) is 4. The quantitative estimate of drug-likeness (QED) is 0.695. The van der Waals surface area contributed by atoms with E-state index in [1.807, 2.05) is 0 Å². The first-order chi connectivity index (χ1) is 8.11. The van der Waals surface area contributed by atoms with Crippen molar-refractivity contribution in [2.45, 2.75) is 51.6 Å². The Labute approximate surface area is 113 Å². The molecular weight excluding hydrogens is 248 g/mol. The highest BCUT2D eigenvalue weighted by atomic mass is 32.2. The Morgan fingerprint density at radius 1 is 1.28 bits per heavy atom. The number of likely N-dealkylation sites (N-methyl/N-ethyl adjacent to an activating group) is 1. The molecule has 0 bridgehead atoms. The van der Waals surface area contributed by atoms with Crippen LogP contribution in [-0.4, -0.2) is 57.5 Å². The first-order valence-corrected chi connectivity index (χ1v) is 8.76. The highest BCUT2D eigenvalue weighted by Crippen LogP contribution is 2.20.